The molecule has 1 aliphatic heterocycles. The van der Waals surface area contributed by atoms with Crippen LogP contribution < -0.4 is 5.63 Å². The van der Waals surface area contributed by atoms with Gasteiger partial charge in [-0.3, -0.25) is 4.79 Å². The quantitative estimate of drug-likeness (QED) is 0.807. The van der Waals surface area contributed by atoms with E-state index in [2.05, 4.69) is 0 Å². The predicted octanol–water partition coefficient (Wildman–Crippen LogP) is 3.46. The van der Waals surface area contributed by atoms with Crippen molar-refractivity contribution in [3.8, 4) is 0 Å². The molecule has 1 amide bonds. The molecule has 27 heavy (non-hydrogen) atoms. The molecule has 6 heteroatoms. The van der Waals surface area contributed by atoms with Crippen LogP contribution in [0.25, 0.3) is 0 Å². The summed E-state index contributed by atoms with van der Waals surface area (Å²) in [7, 11) is 0. The zero-order chi connectivity index (χ0) is 19.2. The molecule has 1 aliphatic carbocycles. The molecule has 0 radical (unpaired) electrons. The van der Waals surface area contributed by atoms with Crippen molar-refractivity contribution in [3.05, 3.63) is 69.3 Å². The SMILES string of the molecule is Cc1cc(CCCc2ccccc2)oc(=O)c1C(=O)N1CC2C(C1)C2(F)F. The number of aryl methyl sites for hydroxylation is 3. The van der Waals surface area contributed by atoms with E-state index < -0.39 is 29.3 Å². The summed E-state index contributed by atoms with van der Waals surface area (Å²) in [4.78, 5) is 26.3. The fourth-order valence-corrected chi connectivity index (χ4v) is 4.00. The van der Waals surface area contributed by atoms with Crippen molar-refractivity contribution in [3.63, 3.8) is 0 Å². The van der Waals surface area contributed by atoms with Crippen LogP contribution in [-0.2, 0) is 12.8 Å². The molecule has 2 aliphatic rings. The molecule has 0 bridgehead atoms. The summed E-state index contributed by atoms with van der Waals surface area (Å²) in [6.45, 7) is 1.71. The van der Waals surface area contributed by atoms with Gasteiger partial charge in [-0.2, -0.15) is 0 Å². The second-order valence-electron chi connectivity index (χ2n) is 7.49. The summed E-state index contributed by atoms with van der Waals surface area (Å²) < 4.78 is 32.0. The Balaban J connectivity index is 1.41. The van der Waals surface area contributed by atoms with Crippen LogP contribution in [0.1, 0.15) is 33.7 Å². The lowest BCUT2D eigenvalue weighted by Crippen LogP contribution is -2.36. The summed E-state index contributed by atoms with van der Waals surface area (Å²) in [6.07, 6.45) is 2.29. The van der Waals surface area contributed by atoms with E-state index in [0.717, 1.165) is 12.8 Å². The van der Waals surface area contributed by atoms with Gasteiger partial charge in [0.05, 0.1) is 11.8 Å². The lowest BCUT2D eigenvalue weighted by molar-refractivity contribution is 0.0456. The number of likely N-dealkylation sites (tertiary alicyclic amines) is 1. The van der Waals surface area contributed by atoms with Crippen molar-refractivity contribution in [2.24, 2.45) is 11.8 Å². The fraction of sp³-hybridized carbons (Fsp3) is 0.429. The lowest BCUT2D eigenvalue weighted by atomic mass is 10.1. The number of piperidine rings is 1. The number of hydrogen-bond donors (Lipinski definition) is 0. The maximum Gasteiger partial charge on any atom is 0.349 e. The van der Waals surface area contributed by atoms with Crippen LogP contribution in [0, 0.1) is 18.8 Å². The standard InChI is InChI=1S/C21H21F2NO3/c1-13-10-15(9-5-8-14-6-3-2-4-7-14)27-20(26)18(13)19(25)24-11-16-17(12-24)21(16,22)23/h2-4,6-7,10,16-17H,5,8-9,11-12H2,1H3. The summed E-state index contributed by atoms with van der Waals surface area (Å²) in [5.74, 6) is -4.13. The molecule has 1 saturated carbocycles. The molecule has 1 aromatic carbocycles. The minimum atomic E-state index is -2.65. The number of hydrogen-bond acceptors (Lipinski definition) is 3. The molecule has 142 valence electrons. The molecule has 0 N–H and O–H groups in total. The van der Waals surface area contributed by atoms with Gasteiger partial charge in [-0.05, 0) is 37.0 Å². The second kappa shape index (κ2) is 6.59. The van der Waals surface area contributed by atoms with Gasteiger partial charge < -0.3 is 9.32 Å². The monoisotopic (exact) mass is 373 g/mol. The number of benzene rings is 1. The van der Waals surface area contributed by atoms with Crippen molar-refractivity contribution < 1.29 is 18.0 Å². The van der Waals surface area contributed by atoms with Crippen LogP contribution in [0.15, 0.2) is 45.6 Å². The Bertz CT molecular complexity index is 909. The first-order valence-electron chi connectivity index (χ1n) is 9.22. The molecule has 4 nitrogen and oxygen atoms in total. The Hall–Kier alpha value is -2.50. The van der Waals surface area contributed by atoms with Gasteiger partial charge in [-0.25, -0.2) is 13.6 Å². The van der Waals surface area contributed by atoms with Crippen LogP contribution in [0.4, 0.5) is 8.78 Å². The Morgan fingerprint density at radius 2 is 1.85 bits per heavy atom. The summed E-state index contributed by atoms with van der Waals surface area (Å²) in [6, 6.07) is 11.7. The summed E-state index contributed by atoms with van der Waals surface area (Å²) in [5.41, 5.74) is 1.04. The number of rotatable bonds is 5. The Kier molecular flexibility index (Phi) is 4.36. The highest BCUT2D eigenvalue weighted by molar-refractivity contribution is 5.95. The Labute approximate surface area is 155 Å². The minimum absolute atomic E-state index is 0.00814. The highest BCUT2D eigenvalue weighted by Gasteiger charge is 2.72. The van der Waals surface area contributed by atoms with Gasteiger partial charge in [0.1, 0.15) is 11.3 Å². The molecule has 4 rings (SSSR count). The fourth-order valence-electron chi connectivity index (χ4n) is 4.00. The summed E-state index contributed by atoms with van der Waals surface area (Å²) >= 11 is 0. The predicted molar refractivity (Wildman–Crippen MR) is 96.0 cm³/mol. The van der Waals surface area contributed by atoms with Crippen molar-refractivity contribution >= 4 is 5.91 Å². The van der Waals surface area contributed by atoms with Crippen LogP contribution in [0.2, 0.25) is 0 Å². The third-order valence-electron chi connectivity index (χ3n) is 5.63. The van der Waals surface area contributed by atoms with Crippen LogP contribution >= 0.6 is 0 Å². The lowest BCUT2D eigenvalue weighted by Gasteiger charge is -2.20. The van der Waals surface area contributed by atoms with E-state index in [9.17, 15) is 18.4 Å². The number of fused-ring (bicyclic) bond motifs is 1. The molecule has 2 fully saturated rings. The van der Waals surface area contributed by atoms with Gasteiger partial charge in [0.25, 0.3) is 11.8 Å². The largest absolute Gasteiger partial charge is 0.427 e. The number of carbonyl (C=O) groups excluding carboxylic acids is 1. The molecule has 2 atom stereocenters. The van der Waals surface area contributed by atoms with E-state index in [1.54, 1.807) is 13.0 Å². The first-order valence-corrected chi connectivity index (χ1v) is 9.22. The first-order chi connectivity index (χ1) is 12.9. The normalized spacial score (nSPS) is 22.6. The molecule has 1 saturated heterocycles. The van der Waals surface area contributed by atoms with Gasteiger partial charge >= 0.3 is 5.63 Å². The minimum Gasteiger partial charge on any atom is -0.427 e. The maximum absolute atomic E-state index is 13.3. The molecule has 0 spiro atoms. The third-order valence-corrected chi connectivity index (χ3v) is 5.63. The van der Waals surface area contributed by atoms with E-state index in [0.29, 0.717) is 17.7 Å². The highest BCUT2D eigenvalue weighted by atomic mass is 19.3. The number of halogens is 2. The number of carbonyl (C=O) groups is 1. The van der Waals surface area contributed by atoms with Gasteiger partial charge in [-0.1, -0.05) is 30.3 Å². The number of amides is 1. The Morgan fingerprint density at radius 1 is 1.19 bits per heavy atom. The molecule has 2 aromatic rings. The van der Waals surface area contributed by atoms with E-state index in [4.69, 9.17) is 4.42 Å². The van der Waals surface area contributed by atoms with Crippen molar-refractivity contribution in [1.82, 2.24) is 4.90 Å². The zero-order valence-corrected chi connectivity index (χ0v) is 15.1. The van der Waals surface area contributed by atoms with E-state index >= 15 is 0 Å². The highest BCUT2D eigenvalue weighted by Crippen LogP contribution is 2.59. The average Bonchev–Trinajstić information content (AvgIpc) is 2.99. The maximum atomic E-state index is 13.3. The van der Waals surface area contributed by atoms with Gasteiger partial charge in [0.2, 0.25) is 0 Å². The summed E-state index contributed by atoms with van der Waals surface area (Å²) in [5, 5.41) is 0. The molecular weight excluding hydrogens is 352 g/mol. The smallest absolute Gasteiger partial charge is 0.349 e. The van der Waals surface area contributed by atoms with Crippen LogP contribution in [0.3, 0.4) is 0 Å². The van der Waals surface area contributed by atoms with Crippen LogP contribution in [-0.4, -0.2) is 29.8 Å². The molecule has 2 heterocycles. The van der Waals surface area contributed by atoms with E-state index in [1.807, 2.05) is 30.3 Å². The molecule has 2 unspecified atom stereocenters. The number of alkyl halides is 2. The van der Waals surface area contributed by atoms with E-state index in [-0.39, 0.29) is 18.7 Å². The third kappa shape index (κ3) is 3.29. The van der Waals surface area contributed by atoms with Crippen molar-refractivity contribution in [2.45, 2.75) is 32.1 Å². The topological polar surface area (TPSA) is 50.5 Å². The van der Waals surface area contributed by atoms with Gasteiger partial charge in [0, 0.05) is 19.5 Å². The molecular formula is C21H21F2NO3. The van der Waals surface area contributed by atoms with Crippen LogP contribution in [0.5, 0.6) is 0 Å². The average molecular weight is 373 g/mol. The van der Waals surface area contributed by atoms with Gasteiger partial charge in [0.15, 0.2) is 0 Å². The van der Waals surface area contributed by atoms with E-state index in [1.165, 1.54) is 10.5 Å². The molecule has 1 aromatic heterocycles. The first kappa shape index (κ1) is 17.9. The van der Waals surface area contributed by atoms with Gasteiger partial charge in [-0.15, -0.1) is 0 Å². The van der Waals surface area contributed by atoms with Crippen molar-refractivity contribution in [2.75, 3.05) is 13.1 Å². The Morgan fingerprint density at radius 3 is 2.48 bits per heavy atom. The van der Waals surface area contributed by atoms with Crippen molar-refractivity contribution in [1.29, 1.82) is 0 Å². The zero-order valence-electron chi connectivity index (χ0n) is 15.1. The second-order valence-corrected chi connectivity index (χ2v) is 7.49. The number of nitrogens with zero attached hydrogens (tertiary/aromatic N) is 1.